The molecule has 102 valence electrons. The van der Waals surface area contributed by atoms with Crippen molar-refractivity contribution in [1.82, 2.24) is 10.3 Å². The van der Waals surface area contributed by atoms with E-state index in [-0.39, 0.29) is 11.0 Å². The lowest BCUT2D eigenvalue weighted by Crippen LogP contribution is -2.40. The Hall–Kier alpha value is -0.450. The van der Waals surface area contributed by atoms with Crippen LogP contribution in [0, 0.1) is 0 Å². The highest BCUT2D eigenvalue weighted by atomic mass is 32.1. The first-order chi connectivity index (χ1) is 8.48. The molecule has 1 N–H and O–H groups in total. The Labute approximate surface area is 114 Å². The molecule has 1 aliphatic rings. The van der Waals surface area contributed by atoms with Crippen LogP contribution in [0.15, 0.2) is 5.38 Å². The van der Waals surface area contributed by atoms with Gasteiger partial charge in [-0.3, -0.25) is 0 Å². The van der Waals surface area contributed by atoms with Crippen LogP contribution in [0.25, 0.3) is 0 Å². The lowest BCUT2D eigenvalue weighted by molar-refractivity contribution is 0.137. The number of nitrogens with zero attached hydrogens (tertiary/aromatic N) is 1. The van der Waals surface area contributed by atoms with E-state index in [2.05, 4.69) is 31.5 Å². The van der Waals surface area contributed by atoms with Crippen molar-refractivity contribution in [1.29, 1.82) is 0 Å². The minimum Gasteiger partial charge on any atom is -0.381 e. The lowest BCUT2D eigenvalue weighted by atomic mass is 9.90. The predicted octanol–water partition coefficient (Wildman–Crippen LogP) is 3.06. The van der Waals surface area contributed by atoms with Crippen molar-refractivity contribution in [3.63, 3.8) is 0 Å². The van der Waals surface area contributed by atoms with Gasteiger partial charge in [0.2, 0.25) is 0 Å². The normalized spacial score (nSPS) is 26.0. The molecule has 0 saturated carbocycles. The number of hydrogen-bond donors (Lipinski definition) is 1. The van der Waals surface area contributed by atoms with E-state index in [1.807, 2.05) is 7.05 Å². The van der Waals surface area contributed by atoms with Gasteiger partial charge >= 0.3 is 0 Å². The Bertz CT molecular complexity index is 387. The van der Waals surface area contributed by atoms with Crippen LogP contribution < -0.4 is 5.32 Å². The highest BCUT2D eigenvalue weighted by molar-refractivity contribution is 7.09. The van der Waals surface area contributed by atoms with Gasteiger partial charge in [-0.1, -0.05) is 20.8 Å². The van der Waals surface area contributed by atoms with Crippen molar-refractivity contribution in [2.24, 2.45) is 0 Å². The molecule has 1 aromatic rings. The molecular formula is C14H24N2OS. The van der Waals surface area contributed by atoms with Gasteiger partial charge in [0.05, 0.1) is 11.2 Å². The van der Waals surface area contributed by atoms with E-state index in [4.69, 9.17) is 9.72 Å². The number of nitrogens with one attached hydrogen (secondary N) is 1. The third-order valence-electron chi connectivity index (χ3n) is 3.73. The standard InChI is InChI=1S/C14H24N2OS/c1-13(2,3)11-10-18-12(16-11)14(15-4)6-5-8-17-9-7-14/h10,15H,5-9H2,1-4H3. The predicted molar refractivity (Wildman–Crippen MR) is 76.2 cm³/mol. The van der Waals surface area contributed by atoms with Gasteiger partial charge in [0, 0.05) is 24.0 Å². The average Bonchev–Trinajstić information content (AvgIpc) is 2.70. The molecule has 1 saturated heterocycles. The van der Waals surface area contributed by atoms with Crippen molar-refractivity contribution in [3.05, 3.63) is 16.1 Å². The SMILES string of the molecule is CNC1(c2nc(C(C)(C)C)cs2)CCCOCC1. The zero-order valence-electron chi connectivity index (χ0n) is 11.9. The van der Waals surface area contributed by atoms with Gasteiger partial charge in [-0.25, -0.2) is 4.98 Å². The molecule has 0 spiro atoms. The highest BCUT2D eigenvalue weighted by Gasteiger charge is 2.35. The summed E-state index contributed by atoms with van der Waals surface area (Å²) in [4.78, 5) is 4.89. The maximum absolute atomic E-state index is 5.58. The van der Waals surface area contributed by atoms with Crippen LogP contribution in [0.2, 0.25) is 0 Å². The largest absolute Gasteiger partial charge is 0.381 e. The van der Waals surface area contributed by atoms with E-state index in [0.717, 1.165) is 32.5 Å². The first-order valence-corrected chi connectivity index (χ1v) is 7.59. The number of rotatable bonds is 2. The van der Waals surface area contributed by atoms with Crippen LogP contribution in [-0.4, -0.2) is 25.2 Å². The smallest absolute Gasteiger partial charge is 0.113 e. The van der Waals surface area contributed by atoms with Crippen LogP contribution >= 0.6 is 11.3 Å². The Morgan fingerprint density at radius 3 is 2.72 bits per heavy atom. The maximum atomic E-state index is 5.58. The van der Waals surface area contributed by atoms with E-state index in [1.165, 1.54) is 10.7 Å². The molecule has 4 heteroatoms. The van der Waals surface area contributed by atoms with Crippen LogP contribution in [-0.2, 0) is 15.7 Å². The van der Waals surface area contributed by atoms with Gasteiger partial charge < -0.3 is 10.1 Å². The van der Waals surface area contributed by atoms with Gasteiger partial charge in [0.25, 0.3) is 0 Å². The molecule has 2 heterocycles. The summed E-state index contributed by atoms with van der Waals surface area (Å²) < 4.78 is 5.58. The summed E-state index contributed by atoms with van der Waals surface area (Å²) in [6.45, 7) is 8.35. The van der Waals surface area contributed by atoms with E-state index < -0.39 is 0 Å². The van der Waals surface area contributed by atoms with E-state index >= 15 is 0 Å². The zero-order valence-corrected chi connectivity index (χ0v) is 12.7. The molecule has 2 rings (SSSR count). The summed E-state index contributed by atoms with van der Waals surface area (Å²) in [6, 6.07) is 0. The third kappa shape index (κ3) is 2.76. The molecule has 1 aromatic heterocycles. The summed E-state index contributed by atoms with van der Waals surface area (Å²) in [5.74, 6) is 0. The molecule has 18 heavy (non-hydrogen) atoms. The van der Waals surface area contributed by atoms with Crippen molar-refractivity contribution in [3.8, 4) is 0 Å². The summed E-state index contributed by atoms with van der Waals surface area (Å²) in [5, 5.41) is 6.94. The molecule has 1 aliphatic heterocycles. The second-order valence-electron chi connectivity index (χ2n) is 6.09. The molecule has 0 amide bonds. The molecular weight excluding hydrogens is 244 g/mol. The summed E-state index contributed by atoms with van der Waals surface area (Å²) in [5.41, 5.74) is 1.34. The molecule has 0 aliphatic carbocycles. The lowest BCUT2D eigenvalue weighted by Gasteiger charge is -2.30. The highest BCUT2D eigenvalue weighted by Crippen LogP contribution is 2.36. The fourth-order valence-electron chi connectivity index (χ4n) is 2.36. The Kier molecular flexibility index (Phi) is 4.09. The van der Waals surface area contributed by atoms with Crippen molar-refractivity contribution in [2.75, 3.05) is 20.3 Å². The monoisotopic (exact) mass is 268 g/mol. The second-order valence-corrected chi connectivity index (χ2v) is 6.94. The number of hydrogen-bond acceptors (Lipinski definition) is 4. The first kappa shape index (κ1) is 14.0. The van der Waals surface area contributed by atoms with Gasteiger partial charge in [-0.15, -0.1) is 11.3 Å². The van der Waals surface area contributed by atoms with Crippen molar-refractivity contribution >= 4 is 11.3 Å². The van der Waals surface area contributed by atoms with Crippen LogP contribution in [0.1, 0.15) is 50.7 Å². The molecule has 0 radical (unpaired) electrons. The second kappa shape index (κ2) is 5.27. The molecule has 3 nitrogen and oxygen atoms in total. The summed E-state index contributed by atoms with van der Waals surface area (Å²) in [6.07, 6.45) is 3.23. The topological polar surface area (TPSA) is 34.2 Å². The number of ether oxygens (including phenoxy) is 1. The molecule has 0 aromatic carbocycles. The molecule has 1 atom stereocenters. The van der Waals surface area contributed by atoms with Crippen LogP contribution in [0.4, 0.5) is 0 Å². The zero-order chi connectivity index (χ0) is 13.2. The van der Waals surface area contributed by atoms with E-state index in [1.54, 1.807) is 11.3 Å². The van der Waals surface area contributed by atoms with Gasteiger partial charge in [-0.05, 0) is 26.3 Å². The third-order valence-corrected chi connectivity index (χ3v) is 4.77. The molecule has 1 fully saturated rings. The quantitative estimate of drug-likeness (QED) is 0.895. The number of thiazole rings is 1. The number of aromatic nitrogens is 1. The van der Waals surface area contributed by atoms with Crippen molar-refractivity contribution < 1.29 is 4.74 Å². The Morgan fingerprint density at radius 2 is 2.11 bits per heavy atom. The molecule has 0 bridgehead atoms. The van der Waals surface area contributed by atoms with Gasteiger partial charge in [0.15, 0.2) is 0 Å². The minimum atomic E-state index is 0.0185. The Balaban J connectivity index is 2.29. The summed E-state index contributed by atoms with van der Waals surface area (Å²) >= 11 is 1.79. The van der Waals surface area contributed by atoms with Gasteiger partial charge in [0.1, 0.15) is 5.01 Å². The minimum absolute atomic E-state index is 0.0185. The first-order valence-electron chi connectivity index (χ1n) is 6.71. The fraction of sp³-hybridized carbons (Fsp3) is 0.786. The maximum Gasteiger partial charge on any atom is 0.113 e. The Morgan fingerprint density at radius 1 is 1.33 bits per heavy atom. The summed E-state index contributed by atoms with van der Waals surface area (Å²) in [7, 11) is 2.05. The van der Waals surface area contributed by atoms with Crippen molar-refractivity contribution in [2.45, 2.75) is 51.0 Å². The fourth-order valence-corrected chi connectivity index (χ4v) is 3.67. The molecule has 1 unspecified atom stereocenters. The van der Waals surface area contributed by atoms with Crippen LogP contribution in [0.3, 0.4) is 0 Å². The van der Waals surface area contributed by atoms with Gasteiger partial charge in [-0.2, -0.15) is 0 Å². The van der Waals surface area contributed by atoms with E-state index in [9.17, 15) is 0 Å². The average molecular weight is 268 g/mol. The van der Waals surface area contributed by atoms with E-state index in [0.29, 0.717) is 0 Å². The van der Waals surface area contributed by atoms with Crippen LogP contribution in [0.5, 0.6) is 0 Å².